The maximum absolute atomic E-state index is 13.2. The molecule has 2 aromatic carbocycles. The van der Waals surface area contributed by atoms with Gasteiger partial charge >= 0.3 is 0 Å². The number of likely N-dealkylation sites (tertiary alicyclic amines) is 1. The average molecular weight is 373 g/mol. The first-order valence-electron chi connectivity index (χ1n) is 9.03. The van der Waals surface area contributed by atoms with Gasteiger partial charge in [-0.15, -0.1) is 12.4 Å². The van der Waals surface area contributed by atoms with Crippen LogP contribution in [0, 0.1) is 5.92 Å². The van der Waals surface area contributed by atoms with E-state index in [2.05, 4.69) is 24.3 Å². The monoisotopic (exact) mass is 372 g/mol. The molecular weight excluding hydrogens is 348 g/mol. The lowest BCUT2D eigenvalue weighted by Crippen LogP contribution is -2.36. The highest BCUT2D eigenvalue weighted by molar-refractivity contribution is 5.85. The van der Waals surface area contributed by atoms with Gasteiger partial charge in [-0.25, -0.2) is 0 Å². The van der Waals surface area contributed by atoms with Crippen LogP contribution in [0.1, 0.15) is 29.4 Å². The van der Waals surface area contributed by atoms with Gasteiger partial charge in [0.2, 0.25) is 5.91 Å². The molecule has 0 bridgehead atoms. The molecule has 4 rings (SSSR count). The van der Waals surface area contributed by atoms with Crippen molar-refractivity contribution in [2.75, 3.05) is 26.2 Å². The summed E-state index contributed by atoms with van der Waals surface area (Å²) in [4.78, 5) is 15.2. The predicted octanol–water partition coefficient (Wildman–Crippen LogP) is 3.18. The molecule has 1 unspecified atom stereocenters. The number of para-hydroxylation sites is 1. The number of hydrogen-bond acceptors (Lipinski definition) is 3. The predicted molar refractivity (Wildman–Crippen MR) is 105 cm³/mol. The van der Waals surface area contributed by atoms with E-state index in [-0.39, 0.29) is 24.2 Å². The number of rotatable bonds is 3. The topological polar surface area (TPSA) is 55.6 Å². The van der Waals surface area contributed by atoms with Gasteiger partial charge in [0, 0.05) is 24.6 Å². The third-order valence-corrected chi connectivity index (χ3v) is 5.54. The number of carbonyl (C=O) groups is 1. The second kappa shape index (κ2) is 8.11. The number of halogens is 1. The molecule has 26 heavy (non-hydrogen) atoms. The Balaban J connectivity index is 0.00000196. The van der Waals surface area contributed by atoms with Crippen molar-refractivity contribution in [3.05, 3.63) is 65.7 Å². The first-order valence-corrected chi connectivity index (χ1v) is 9.03. The molecule has 2 aliphatic heterocycles. The summed E-state index contributed by atoms with van der Waals surface area (Å²) in [6, 6.07) is 18.3. The van der Waals surface area contributed by atoms with E-state index < -0.39 is 0 Å². The van der Waals surface area contributed by atoms with Crippen LogP contribution in [-0.2, 0) is 4.79 Å². The average Bonchev–Trinajstić information content (AvgIpc) is 3.12. The van der Waals surface area contributed by atoms with E-state index in [1.165, 1.54) is 5.56 Å². The van der Waals surface area contributed by atoms with Crippen LogP contribution in [0.4, 0.5) is 0 Å². The van der Waals surface area contributed by atoms with Gasteiger partial charge in [-0.2, -0.15) is 0 Å². The van der Waals surface area contributed by atoms with E-state index in [1.54, 1.807) is 0 Å². The number of benzene rings is 2. The Morgan fingerprint density at radius 3 is 2.58 bits per heavy atom. The molecule has 2 N–H and O–H groups in total. The first-order chi connectivity index (χ1) is 12.3. The Morgan fingerprint density at radius 2 is 1.81 bits per heavy atom. The number of nitrogens with zero attached hydrogens (tertiary/aromatic N) is 1. The van der Waals surface area contributed by atoms with Crippen LogP contribution in [0.5, 0.6) is 5.75 Å². The molecule has 4 nitrogen and oxygen atoms in total. The number of fused-ring (bicyclic) bond motifs is 1. The molecule has 2 aromatic rings. The van der Waals surface area contributed by atoms with Crippen molar-refractivity contribution in [1.29, 1.82) is 0 Å². The second-order valence-electron chi connectivity index (χ2n) is 6.98. The maximum Gasteiger partial charge on any atom is 0.230 e. The van der Waals surface area contributed by atoms with Gasteiger partial charge in [0.1, 0.15) is 5.75 Å². The van der Waals surface area contributed by atoms with Crippen LogP contribution in [0.25, 0.3) is 0 Å². The maximum atomic E-state index is 13.2. The SMILES string of the molecule is Cl.NC[C@@H]1CN(C(=O)C2CCOc3ccccc32)C[C@H]1c1ccccc1. The van der Waals surface area contributed by atoms with E-state index in [0.717, 1.165) is 30.8 Å². The summed E-state index contributed by atoms with van der Waals surface area (Å²) in [5, 5.41) is 0. The number of carbonyl (C=O) groups excluding carboxylic acids is 1. The molecule has 0 radical (unpaired) electrons. The molecule has 1 fully saturated rings. The Morgan fingerprint density at radius 1 is 1.08 bits per heavy atom. The van der Waals surface area contributed by atoms with Gasteiger partial charge in [0.15, 0.2) is 0 Å². The van der Waals surface area contributed by atoms with E-state index in [0.29, 0.717) is 25.0 Å². The van der Waals surface area contributed by atoms with Crippen molar-refractivity contribution >= 4 is 18.3 Å². The number of ether oxygens (including phenoxy) is 1. The summed E-state index contributed by atoms with van der Waals surface area (Å²) in [5.74, 6) is 1.61. The zero-order valence-corrected chi connectivity index (χ0v) is 15.5. The van der Waals surface area contributed by atoms with Gasteiger partial charge in [-0.3, -0.25) is 4.79 Å². The summed E-state index contributed by atoms with van der Waals surface area (Å²) >= 11 is 0. The fraction of sp³-hybridized carbons (Fsp3) is 0.381. The lowest BCUT2D eigenvalue weighted by atomic mass is 9.89. The van der Waals surface area contributed by atoms with Gasteiger partial charge < -0.3 is 15.4 Å². The molecule has 1 saturated heterocycles. The quantitative estimate of drug-likeness (QED) is 0.900. The molecule has 0 saturated carbocycles. The van der Waals surface area contributed by atoms with E-state index in [1.807, 2.05) is 35.2 Å². The molecule has 0 spiro atoms. The van der Waals surface area contributed by atoms with Crippen molar-refractivity contribution in [2.24, 2.45) is 11.7 Å². The normalized spacial score (nSPS) is 24.3. The third-order valence-electron chi connectivity index (χ3n) is 5.54. The van der Waals surface area contributed by atoms with Crippen LogP contribution >= 0.6 is 12.4 Å². The molecule has 0 aliphatic carbocycles. The Kier molecular flexibility index (Phi) is 5.84. The molecule has 1 amide bonds. The van der Waals surface area contributed by atoms with Crippen molar-refractivity contribution in [3.63, 3.8) is 0 Å². The first kappa shape index (κ1) is 18.7. The van der Waals surface area contributed by atoms with Gasteiger partial charge in [0.05, 0.1) is 12.5 Å². The molecular formula is C21H25ClN2O2. The van der Waals surface area contributed by atoms with Crippen molar-refractivity contribution in [1.82, 2.24) is 4.90 Å². The lowest BCUT2D eigenvalue weighted by Gasteiger charge is -2.28. The Hall–Kier alpha value is -2.04. The molecule has 0 aromatic heterocycles. The van der Waals surface area contributed by atoms with E-state index in [9.17, 15) is 4.79 Å². The highest BCUT2D eigenvalue weighted by atomic mass is 35.5. The van der Waals surface area contributed by atoms with Crippen LogP contribution < -0.4 is 10.5 Å². The van der Waals surface area contributed by atoms with Crippen molar-refractivity contribution in [3.8, 4) is 5.75 Å². The molecule has 2 heterocycles. The molecule has 138 valence electrons. The standard InChI is InChI=1S/C21H24N2O2.ClH/c22-12-16-13-23(14-19(16)15-6-2-1-3-7-15)21(24)18-10-11-25-20-9-5-4-8-17(18)20;/h1-9,16,18-19H,10-14,22H2;1H/t16-,18?,19+;/m1./s1. The second-order valence-corrected chi connectivity index (χ2v) is 6.98. The van der Waals surface area contributed by atoms with Crippen molar-refractivity contribution < 1.29 is 9.53 Å². The minimum Gasteiger partial charge on any atom is -0.493 e. The Bertz CT molecular complexity index is 753. The minimum atomic E-state index is -0.0992. The number of hydrogen-bond donors (Lipinski definition) is 1. The van der Waals surface area contributed by atoms with Crippen LogP contribution in [-0.4, -0.2) is 37.0 Å². The van der Waals surface area contributed by atoms with E-state index >= 15 is 0 Å². The molecule has 2 aliphatic rings. The summed E-state index contributed by atoms with van der Waals surface area (Å²) in [6.07, 6.45) is 0.746. The summed E-state index contributed by atoms with van der Waals surface area (Å²) in [6.45, 7) is 2.70. The molecule has 3 atom stereocenters. The zero-order chi connectivity index (χ0) is 17.2. The Labute approximate surface area is 160 Å². The highest BCUT2D eigenvalue weighted by Crippen LogP contribution is 2.38. The highest BCUT2D eigenvalue weighted by Gasteiger charge is 2.39. The van der Waals surface area contributed by atoms with E-state index in [4.69, 9.17) is 10.5 Å². The summed E-state index contributed by atoms with van der Waals surface area (Å²) < 4.78 is 5.71. The lowest BCUT2D eigenvalue weighted by molar-refractivity contribution is -0.132. The van der Waals surface area contributed by atoms with Crippen LogP contribution in [0.2, 0.25) is 0 Å². The fourth-order valence-electron chi connectivity index (χ4n) is 4.19. The summed E-state index contributed by atoms with van der Waals surface area (Å²) in [5.41, 5.74) is 8.32. The largest absolute Gasteiger partial charge is 0.493 e. The van der Waals surface area contributed by atoms with Gasteiger partial charge in [-0.1, -0.05) is 48.5 Å². The number of nitrogens with two attached hydrogens (primary N) is 1. The fourth-order valence-corrected chi connectivity index (χ4v) is 4.19. The van der Waals surface area contributed by atoms with Crippen LogP contribution in [0.3, 0.4) is 0 Å². The third kappa shape index (κ3) is 3.44. The molecule has 5 heteroatoms. The van der Waals surface area contributed by atoms with Gasteiger partial charge in [-0.05, 0) is 30.5 Å². The summed E-state index contributed by atoms with van der Waals surface area (Å²) in [7, 11) is 0. The van der Waals surface area contributed by atoms with Crippen molar-refractivity contribution in [2.45, 2.75) is 18.3 Å². The zero-order valence-electron chi connectivity index (χ0n) is 14.7. The number of amides is 1. The minimum absolute atomic E-state index is 0. The van der Waals surface area contributed by atoms with Gasteiger partial charge in [0.25, 0.3) is 0 Å². The van der Waals surface area contributed by atoms with Crippen LogP contribution in [0.15, 0.2) is 54.6 Å². The smallest absolute Gasteiger partial charge is 0.230 e.